The monoisotopic (exact) mass is 512 g/mol. The van der Waals surface area contributed by atoms with Crippen LogP contribution in [0.15, 0.2) is 109 Å². The van der Waals surface area contributed by atoms with Crippen molar-refractivity contribution in [2.45, 2.75) is 0 Å². The maximum atomic E-state index is 6.43. The maximum absolute atomic E-state index is 6.43. The zero-order valence-electron chi connectivity index (χ0n) is 17.3. The van der Waals surface area contributed by atoms with Crippen LogP contribution in [0.4, 0.5) is 0 Å². The Morgan fingerprint density at radius 2 is 0.848 bits per heavy atom. The van der Waals surface area contributed by atoms with Gasteiger partial charge in [-0.05, 0) is 78.4 Å². The highest BCUT2D eigenvalue weighted by atomic mass is 35.5. The molecule has 0 aliphatic carbocycles. The molecule has 0 radical (unpaired) electrons. The van der Waals surface area contributed by atoms with Crippen LogP contribution in [0.2, 0.25) is 15.1 Å². The Bertz CT molecular complexity index is 1080. The first-order chi connectivity index (χ1) is 16.0. The number of rotatable bonds is 8. The lowest BCUT2D eigenvalue weighted by atomic mass is 10.2. The van der Waals surface area contributed by atoms with Crippen molar-refractivity contribution >= 4 is 49.7 Å². The summed E-state index contributed by atoms with van der Waals surface area (Å²) in [7, 11) is -3.56. The predicted octanol–water partition coefficient (Wildman–Crippen LogP) is 8.38. The molecule has 0 bridgehead atoms. The van der Waals surface area contributed by atoms with E-state index < -0.39 is 8.80 Å². The van der Waals surface area contributed by atoms with Crippen LogP contribution in [0.3, 0.4) is 0 Å². The van der Waals surface area contributed by atoms with Gasteiger partial charge in [-0.25, -0.2) is 0 Å². The number of hydrogen-bond acceptors (Lipinski definition) is 3. The van der Waals surface area contributed by atoms with Crippen LogP contribution >= 0.6 is 34.8 Å². The Balaban J connectivity index is 1.77. The Kier molecular flexibility index (Phi) is 7.63. The molecular formula is C26H19Cl3O3Si. The van der Waals surface area contributed by atoms with Gasteiger partial charge in [-0.1, -0.05) is 71.2 Å². The molecular weight excluding hydrogens is 495 g/mol. The molecule has 0 atom stereocenters. The average Bonchev–Trinajstić information content (AvgIpc) is 2.83. The third-order valence-corrected chi connectivity index (χ3v) is 7.39. The minimum Gasteiger partial charge on any atom is -0.480 e. The zero-order chi connectivity index (χ0) is 23.1. The highest BCUT2D eigenvalue weighted by Crippen LogP contribution is 2.28. The second-order valence-electron chi connectivity index (χ2n) is 7.02. The van der Waals surface area contributed by atoms with Gasteiger partial charge in [0.25, 0.3) is 0 Å². The van der Waals surface area contributed by atoms with Crippen LogP contribution in [0.5, 0.6) is 17.2 Å². The topological polar surface area (TPSA) is 27.7 Å². The SMILES string of the molecule is Clc1ccc(O[Si](/C=C/c2ccccc2)(Oc2ccc(Cl)cc2)Oc2ccc(Cl)cc2)cc1. The van der Waals surface area contributed by atoms with Crippen molar-refractivity contribution in [1.29, 1.82) is 0 Å². The van der Waals surface area contributed by atoms with Crippen LogP contribution < -0.4 is 13.3 Å². The van der Waals surface area contributed by atoms with Crippen molar-refractivity contribution in [2.75, 3.05) is 0 Å². The Morgan fingerprint density at radius 1 is 0.485 bits per heavy atom. The lowest BCUT2D eigenvalue weighted by molar-refractivity contribution is 0.279. The number of hydrogen-bond donors (Lipinski definition) is 0. The van der Waals surface area contributed by atoms with E-state index in [2.05, 4.69) is 0 Å². The number of benzene rings is 4. The minimum absolute atomic E-state index is 0.562. The molecule has 4 aromatic carbocycles. The smallest absolute Gasteiger partial charge is 0.480 e. The molecule has 0 aliphatic rings. The fourth-order valence-corrected chi connectivity index (χ4v) is 5.43. The second-order valence-corrected chi connectivity index (χ2v) is 10.5. The van der Waals surface area contributed by atoms with Gasteiger partial charge in [0, 0.05) is 20.8 Å². The van der Waals surface area contributed by atoms with Crippen LogP contribution in [0, 0.1) is 0 Å². The normalized spacial score (nSPS) is 11.4. The largest absolute Gasteiger partial charge is 0.729 e. The van der Waals surface area contributed by atoms with E-state index in [0.717, 1.165) is 5.56 Å². The molecule has 0 amide bonds. The Labute approximate surface area is 209 Å². The van der Waals surface area contributed by atoms with Crippen molar-refractivity contribution in [3.05, 3.63) is 129 Å². The van der Waals surface area contributed by atoms with Gasteiger partial charge in [-0.2, -0.15) is 0 Å². The zero-order valence-corrected chi connectivity index (χ0v) is 20.6. The molecule has 0 heterocycles. The first-order valence-corrected chi connectivity index (χ1v) is 13.0. The van der Waals surface area contributed by atoms with Gasteiger partial charge in [-0.3, -0.25) is 0 Å². The van der Waals surface area contributed by atoms with Gasteiger partial charge < -0.3 is 13.3 Å². The molecule has 0 aromatic heterocycles. The first-order valence-electron chi connectivity index (χ1n) is 10.1. The van der Waals surface area contributed by atoms with E-state index in [-0.39, 0.29) is 0 Å². The fourth-order valence-electron chi connectivity index (χ4n) is 2.93. The molecule has 0 saturated heterocycles. The summed E-state index contributed by atoms with van der Waals surface area (Å²) in [5, 5.41) is 1.81. The van der Waals surface area contributed by atoms with Crippen molar-refractivity contribution in [3.8, 4) is 17.2 Å². The van der Waals surface area contributed by atoms with E-state index in [0.29, 0.717) is 32.3 Å². The van der Waals surface area contributed by atoms with Gasteiger partial charge in [0.2, 0.25) is 0 Å². The van der Waals surface area contributed by atoms with Crippen LogP contribution in [-0.2, 0) is 0 Å². The lowest BCUT2D eigenvalue weighted by Crippen LogP contribution is -2.53. The van der Waals surface area contributed by atoms with E-state index >= 15 is 0 Å². The van der Waals surface area contributed by atoms with E-state index in [9.17, 15) is 0 Å². The summed E-state index contributed by atoms with van der Waals surface area (Å²) in [5.41, 5.74) is 2.83. The van der Waals surface area contributed by atoms with Crippen molar-refractivity contribution < 1.29 is 13.3 Å². The molecule has 0 spiro atoms. The van der Waals surface area contributed by atoms with Crippen LogP contribution in [0.1, 0.15) is 5.56 Å². The quantitative estimate of drug-likeness (QED) is 0.221. The van der Waals surface area contributed by atoms with Crippen molar-refractivity contribution in [3.63, 3.8) is 0 Å². The molecule has 4 aromatic rings. The van der Waals surface area contributed by atoms with Crippen molar-refractivity contribution in [1.82, 2.24) is 0 Å². The summed E-state index contributed by atoms with van der Waals surface area (Å²) < 4.78 is 19.3. The van der Waals surface area contributed by atoms with E-state index in [1.807, 2.05) is 42.1 Å². The second kappa shape index (κ2) is 10.8. The van der Waals surface area contributed by atoms with Gasteiger partial charge in [0.1, 0.15) is 17.2 Å². The van der Waals surface area contributed by atoms with Crippen LogP contribution in [-0.4, -0.2) is 8.80 Å². The lowest BCUT2D eigenvalue weighted by Gasteiger charge is -2.28. The predicted molar refractivity (Wildman–Crippen MR) is 137 cm³/mol. The summed E-state index contributed by atoms with van der Waals surface area (Å²) >= 11 is 18.2. The molecule has 0 N–H and O–H groups in total. The molecule has 0 unspecified atom stereocenters. The Morgan fingerprint density at radius 3 is 1.21 bits per heavy atom. The molecule has 3 nitrogen and oxygen atoms in total. The van der Waals surface area contributed by atoms with Gasteiger partial charge in [0.15, 0.2) is 0 Å². The highest BCUT2D eigenvalue weighted by Gasteiger charge is 2.47. The molecule has 0 fully saturated rings. The minimum atomic E-state index is -3.56. The average molecular weight is 514 g/mol. The van der Waals surface area contributed by atoms with Gasteiger partial charge >= 0.3 is 8.80 Å². The first kappa shape index (κ1) is 23.3. The third-order valence-electron chi connectivity index (χ3n) is 4.50. The van der Waals surface area contributed by atoms with E-state index in [1.54, 1.807) is 72.8 Å². The third kappa shape index (κ3) is 6.79. The van der Waals surface area contributed by atoms with Gasteiger partial charge in [0.05, 0.1) is 0 Å². The summed E-state index contributed by atoms with van der Waals surface area (Å²) in [6.45, 7) is 0. The summed E-state index contributed by atoms with van der Waals surface area (Å²) in [5.74, 6) is 1.69. The molecule has 0 aliphatic heterocycles. The maximum Gasteiger partial charge on any atom is 0.729 e. The molecule has 166 valence electrons. The molecule has 0 saturated carbocycles. The highest BCUT2D eigenvalue weighted by molar-refractivity contribution is 6.69. The molecule has 33 heavy (non-hydrogen) atoms. The summed E-state index contributed by atoms with van der Waals surface area (Å²) in [4.78, 5) is 0. The van der Waals surface area contributed by atoms with E-state index in [1.165, 1.54) is 0 Å². The number of halogens is 3. The fraction of sp³-hybridized carbons (Fsp3) is 0. The summed E-state index contributed by atoms with van der Waals surface area (Å²) in [6, 6.07) is 31.0. The molecule has 7 heteroatoms. The van der Waals surface area contributed by atoms with Crippen molar-refractivity contribution in [2.24, 2.45) is 0 Å². The van der Waals surface area contributed by atoms with E-state index in [4.69, 9.17) is 48.1 Å². The Hall–Kier alpha value is -2.89. The standard InChI is InChI=1S/C26H19Cl3O3Si/c27-21-6-12-24(13-7-21)30-33(19-18-20-4-2-1-3-5-20,31-25-14-8-22(28)9-15-25)32-26-16-10-23(29)11-17-26/h1-19H/b19-18+. The van der Waals surface area contributed by atoms with Gasteiger partial charge in [-0.15, -0.1) is 0 Å². The molecule has 4 rings (SSSR count). The van der Waals surface area contributed by atoms with Crippen LogP contribution in [0.25, 0.3) is 6.08 Å². The summed E-state index contributed by atoms with van der Waals surface area (Å²) in [6.07, 6.45) is 1.92.